The molecule has 0 atom stereocenters. The number of nitrogens with zero attached hydrogens (tertiary/aromatic N) is 2. The second kappa shape index (κ2) is 10.9. The van der Waals surface area contributed by atoms with Gasteiger partial charge in [-0.3, -0.25) is 14.5 Å². The summed E-state index contributed by atoms with van der Waals surface area (Å²) in [7, 11) is 1.51. The average Bonchev–Trinajstić information content (AvgIpc) is 3.11. The topological polar surface area (TPSA) is 79.6 Å². The van der Waals surface area contributed by atoms with E-state index in [9.17, 15) is 19.2 Å². The van der Waals surface area contributed by atoms with Crippen LogP contribution in [0.15, 0.2) is 65.6 Å². The molecule has 0 spiro atoms. The van der Waals surface area contributed by atoms with Gasteiger partial charge in [0.05, 0.1) is 33.8 Å². The number of halogens is 2. The highest BCUT2D eigenvalue weighted by molar-refractivity contribution is 14.1. The number of rotatable bonds is 7. The van der Waals surface area contributed by atoms with Crippen LogP contribution in [0, 0.1) is 20.7 Å². The van der Waals surface area contributed by atoms with Crippen LogP contribution in [0.2, 0.25) is 0 Å². The van der Waals surface area contributed by atoms with Gasteiger partial charge in [0.15, 0.2) is 11.5 Å². The molecule has 0 aromatic heterocycles. The van der Waals surface area contributed by atoms with Gasteiger partial charge < -0.3 is 9.47 Å². The van der Waals surface area contributed by atoms with E-state index in [4.69, 9.17) is 9.47 Å². The van der Waals surface area contributed by atoms with Crippen LogP contribution < -0.4 is 9.47 Å². The Balaban J connectivity index is 1.55. The van der Waals surface area contributed by atoms with Gasteiger partial charge in [-0.1, -0.05) is 36.4 Å². The summed E-state index contributed by atoms with van der Waals surface area (Å²) in [5.41, 5.74) is 2.20. The molecule has 1 fully saturated rings. The predicted octanol–water partition coefficient (Wildman–Crippen LogP) is 6.13. The lowest BCUT2D eigenvalue weighted by molar-refractivity contribution is -0.123. The summed E-state index contributed by atoms with van der Waals surface area (Å²) in [4.78, 5) is 26.6. The van der Waals surface area contributed by atoms with Crippen molar-refractivity contribution in [3.8, 4) is 17.6 Å². The number of amides is 2. The second-order valence-electron chi connectivity index (χ2n) is 7.45. The molecule has 4 rings (SSSR count). The molecule has 2 amide bonds. The maximum absolute atomic E-state index is 14.0. The minimum Gasteiger partial charge on any atom is -0.493 e. The number of hydrogen-bond donors (Lipinski definition) is 0. The minimum atomic E-state index is -0.481. The van der Waals surface area contributed by atoms with E-state index in [1.54, 1.807) is 48.5 Å². The molecule has 1 heterocycles. The monoisotopic (exact) mass is 600 g/mol. The molecule has 6 nitrogen and oxygen atoms in total. The van der Waals surface area contributed by atoms with Gasteiger partial charge in [0.25, 0.3) is 11.1 Å². The SMILES string of the molecule is COc1cc(/C=C2\SC(=O)N(Cc3ccccc3F)C2=O)cc(I)c1OCc1ccccc1C#N. The zero-order valence-corrected chi connectivity index (χ0v) is 21.4. The van der Waals surface area contributed by atoms with Crippen LogP contribution in [0.1, 0.15) is 22.3 Å². The maximum atomic E-state index is 14.0. The fraction of sp³-hybridized carbons (Fsp3) is 0.115. The molecule has 1 aliphatic heterocycles. The smallest absolute Gasteiger partial charge is 0.293 e. The molecule has 0 N–H and O–H groups in total. The lowest BCUT2D eigenvalue weighted by Gasteiger charge is -2.14. The first-order valence-corrected chi connectivity index (χ1v) is 12.3. The molecule has 176 valence electrons. The Morgan fingerprint density at radius 2 is 1.83 bits per heavy atom. The number of benzene rings is 3. The Bertz CT molecular complexity index is 1390. The van der Waals surface area contributed by atoms with Gasteiger partial charge in [-0.15, -0.1) is 0 Å². The van der Waals surface area contributed by atoms with Crippen molar-refractivity contribution in [2.45, 2.75) is 13.2 Å². The third kappa shape index (κ3) is 5.49. The Labute approximate surface area is 219 Å². The quantitative estimate of drug-likeness (QED) is 0.240. The molecule has 35 heavy (non-hydrogen) atoms. The van der Waals surface area contributed by atoms with E-state index in [1.165, 1.54) is 13.2 Å². The summed E-state index contributed by atoms with van der Waals surface area (Å²) in [6, 6.07) is 18.9. The van der Waals surface area contributed by atoms with Gasteiger partial charge in [-0.2, -0.15) is 5.26 Å². The molecule has 0 bridgehead atoms. The third-order valence-corrected chi connectivity index (χ3v) is 6.93. The van der Waals surface area contributed by atoms with Crippen molar-refractivity contribution in [1.29, 1.82) is 5.26 Å². The van der Waals surface area contributed by atoms with Crippen molar-refractivity contribution in [2.24, 2.45) is 0 Å². The van der Waals surface area contributed by atoms with Crippen LogP contribution in [-0.4, -0.2) is 23.2 Å². The molecule has 0 unspecified atom stereocenters. The molecule has 0 saturated carbocycles. The fourth-order valence-electron chi connectivity index (χ4n) is 3.45. The lowest BCUT2D eigenvalue weighted by Crippen LogP contribution is -2.27. The first-order valence-electron chi connectivity index (χ1n) is 10.4. The highest BCUT2D eigenvalue weighted by Gasteiger charge is 2.35. The molecule has 3 aromatic carbocycles. The Kier molecular flexibility index (Phi) is 7.73. The van der Waals surface area contributed by atoms with E-state index in [2.05, 4.69) is 28.7 Å². The van der Waals surface area contributed by atoms with Crippen LogP contribution in [-0.2, 0) is 17.9 Å². The number of methoxy groups -OCH3 is 1. The molecule has 9 heteroatoms. The minimum absolute atomic E-state index is 0.132. The van der Waals surface area contributed by atoms with Gasteiger partial charge in [-0.25, -0.2) is 4.39 Å². The van der Waals surface area contributed by atoms with E-state index in [0.717, 1.165) is 25.8 Å². The number of ether oxygens (including phenoxy) is 2. The van der Waals surface area contributed by atoms with Crippen molar-refractivity contribution in [3.63, 3.8) is 0 Å². The second-order valence-corrected chi connectivity index (χ2v) is 9.61. The Morgan fingerprint density at radius 3 is 2.54 bits per heavy atom. The highest BCUT2D eigenvalue weighted by Crippen LogP contribution is 2.38. The molecule has 0 aliphatic carbocycles. The summed E-state index contributed by atoms with van der Waals surface area (Å²) in [5, 5.41) is 8.83. The van der Waals surface area contributed by atoms with Crippen molar-refractivity contribution in [1.82, 2.24) is 4.90 Å². The number of thioether (sulfide) groups is 1. The zero-order chi connectivity index (χ0) is 24.9. The van der Waals surface area contributed by atoms with Gasteiger partial charge in [0.1, 0.15) is 12.4 Å². The number of carbonyl (C=O) groups is 2. The molecular formula is C26H18FIN2O4S. The maximum Gasteiger partial charge on any atom is 0.293 e. The number of hydrogen-bond acceptors (Lipinski definition) is 6. The predicted molar refractivity (Wildman–Crippen MR) is 139 cm³/mol. The van der Waals surface area contributed by atoms with Gasteiger partial charge in [0, 0.05) is 11.1 Å². The Morgan fingerprint density at radius 1 is 1.11 bits per heavy atom. The summed E-state index contributed by atoms with van der Waals surface area (Å²) in [6.45, 7) is 0.0524. The summed E-state index contributed by atoms with van der Waals surface area (Å²) >= 11 is 2.91. The molecule has 0 radical (unpaired) electrons. The number of carbonyl (C=O) groups excluding carboxylic acids is 2. The van der Waals surface area contributed by atoms with E-state index in [-0.39, 0.29) is 23.6 Å². The fourth-order valence-corrected chi connectivity index (χ4v) is 5.07. The summed E-state index contributed by atoms with van der Waals surface area (Å²) in [6.07, 6.45) is 1.60. The zero-order valence-electron chi connectivity index (χ0n) is 18.5. The number of imide groups is 1. The van der Waals surface area contributed by atoms with E-state index >= 15 is 0 Å². The van der Waals surface area contributed by atoms with Crippen LogP contribution >= 0.6 is 34.4 Å². The molecule has 1 saturated heterocycles. The van der Waals surface area contributed by atoms with Gasteiger partial charge in [0.2, 0.25) is 0 Å². The van der Waals surface area contributed by atoms with Crippen molar-refractivity contribution in [2.75, 3.05) is 7.11 Å². The summed E-state index contributed by atoms with van der Waals surface area (Å²) < 4.78 is 26.2. The van der Waals surface area contributed by atoms with Gasteiger partial charge in [-0.05, 0) is 70.3 Å². The first kappa shape index (κ1) is 24.8. The Hall–Kier alpha value is -3.36. The van der Waals surface area contributed by atoms with E-state index in [1.807, 2.05) is 12.1 Å². The molecular weight excluding hydrogens is 582 g/mol. The average molecular weight is 600 g/mol. The van der Waals surface area contributed by atoms with Crippen LogP contribution in [0.3, 0.4) is 0 Å². The lowest BCUT2D eigenvalue weighted by atomic mass is 10.1. The third-order valence-electron chi connectivity index (χ3n) is 5.22. The number of nitriles is 1. The molecule has 3 aromatic rings. The van der Waals surface area contributed by atoms with Crippen LogP contribution in [0.25, 0.3) is 6.08 Å². The van der Waals surface area contributed by atoms with Crippen molar-refractivity contribution < 1.29 is 23.5 Å². The van der Waals surface area contributed by atoms with Gasteiger partial charge >= 0.3 is 0 Å². The van der Waals surface area contributed by atoms with E-state index < -0.39 is 17.0 Å². The standard InChI is InChI=1S/C26H18FIN2O4S/c1-33-22-11-16(10-21(28)24(22)34-15-19-8-3-2-6-17(19)13-29)12-23-25(31)30(26(32)35-23)14-18-7-4-5-9-20(18)27/h2-12H,14-15H2,1H3/b23-12-. The van der Waals surface area contributed by atoms with Crippen LogP contribution in [0.4, 0.5) is 9.18 Å². The van der Waals surface area contributed by atoms with Crippen LogP contribution in [0.5, 0.6) is 11.5 Å². The first-order chi connectivity index (χ1) is 16.9. The van der Waals surface area contributed by atoms with Crippen molar-refractivity contribution in [3.05, 3.63) is 97.2 Å². The largest absolute Gasteiger partial charge is 0.493 e. The highest BCUT2D eigenvalue weighted by atomic mass is 127. The molecule has 1 aliphatic rings. The summed E-state index contributed by atoms with van der Waals surface area (Å²) in [5.74, 6) is 0.00212. The van der Waals surface area contributed by atoms with Crippen molar-refractivity contribution >= 4 is 51.6 Å². The van der Waals surface area contributed by atoms with E-state index in [0.29, 0.717) is 22.6 Å². The normalized spacial score (nSPS) is 14.3.